The minimum absolute atomic E-state index is 0.852. The summed E-state index contributed by atoms with van der Waals surface area (Å²) < 4.78 is 0. The lowest BCUT2D eigenvalue weighted by molar-refractivity contribution is 0.593. The van der Waals surface area contributed by atoms with Gasteiger partial charge in [0.25, 0.3) is 0 Å². The molecule has 0 fully saturated rings. The van der Waals surface area contributed by atoms with Gasteiger partial charge in [-0.15, -0.1) is 0 Å². The predicted octanol–water partition coefficient (Wildman–Crippen LogP) is 4.95. The molecule has 0 radical (unpaired) electrons. The Kier molecular flexibility index (Phi) is 9.63. The highest BCUT2D eigenvalue weighted by atomic mass is 14.0. The summed E-state index contributed by atoms with van der Waals surface area (Å²) in [5.74, 6) is 0.852. The average Bonchev–Trinajstić information content (AvgIpc) is 2.09. The smallest absolute Gasteiger partial charge is 0.0348 e. The van der Waals surface area contributed by atoms with Gasteiger partial charge in [-0.3, -0.25) is 0 Å². The largest absolute Gasteiger partial charge is 0.0885 e. The van der Waals surface area contributed by atoms with Crippen LogP contribution < -0.4 is 0 Å². The third-order valence-corrected chi connectivity index (χ3v) is 2.30. The first kappa shape index (κ1) is 12.7. The van der Waals surface area contributed by atoms with Crippen LogP contribution in [-0.4, -0.2) is 0 Å². The summed E-state index contributed by atoms with van der Waals surface area (Å²) in [6.07, 6.45) is 14.1. The summed E-state index contributed by atoms with van der Waals surface area (Å²) >= 11 is 0. The van der Waals surface area contributed by atoms with E-state index in [1.807, 2.05) is 0 Å². The van der Waals surface area contributed by atoms with Crippen LogP contribution >= 0.6 is 0 Å². The molecule has 78 valence electrons. The molecule has 0 atom stereocenters. The molecule has 0 aromatic rings. The van der Waals surface area contributed by atoms with Crippen LogP contribution in [0.1, 0.15) is 65.7 Å². The van der Waals surface area contributed by atoms with Crippen molar-refractivity contribution in [3.63, 3.8) is 0 Å². The maximum Gasteiger partial charge on any atom is -0.0348 e. The minimum atomic E-state index is 0.852. The Morgan fingerprint density at radius 2 is 1.62 bits per heavy atom. The van der Waals surface area contributed by atoms with E-state index < -0.39 is 0 Å². The maximum atomic E-state index is 2.36. The Morgan fingerprint density at radius 1 is 0.923 bits per heavy atom. The number of hydrogen-bond donors (Lipinski definition) is 0. The first-order valence-corrected chi connectivity index (χ1v) is 5.92. The van der Waals surface area contributed by atoms with Gasteiger partial charge in [0.2, 0.25) is 0 Å². The number of rotatable bonds is 8. The van der Waals surface area contributed by atoms with Gasteiger partial charge >= 0.3 is 0 Å². The van der Waals surface area contributed by atoms with E-state index in [1.54, 1.807) is 0 Å². The van der Waals surface area contributed by atoms with Crippen molar-refractivity contribution in [3.05, 3.63) is 12.2 Å². The van der Waals surface area contributed by atoms with Crippen LogP contribution in [0.2, 0.25) is 0 Å². The molecular weight excluding hydrogens is 156 g/mol. The van der Waals surface area contributed by atoms with E-state index in [0.29, 0.717) is 0 Å². The van der Waals surface area contributed by atoms with Gasteiger partial charge < -0.3 is 0 Å². The van der Waals surface area contributed by atoms with Crippen molar-refractivity contribution in [1.29, 1.82) is 0 Å². The van der Waals surface area contributed by atoms with Crippen molar-refractivity contribution in [2.45, 2.75) is 65.7 Å². The topological polar surface area (TPSA) is 0 Å². The lowest BCUT2D eigenvalue weighted by Crippen LogP contribution is -1.83. The third kappa shape index (κ3) is 11.7. The Labute approximate surface area is 84.4 Å². The zero-order valence-electron chi connectivity index (χ0n) is 9.68. The fourth-order valence-corrected chi connectivity index (χ4v) is 1.35. The molecule has 0 aliphatic heterocycles. The summed E-state index contributed by atoms with van der Waals surface area (Å²) in [6.45, 7) is 6.84. The third-order valence-electron chi connectivity index (χ3n) is 2.30. The number of allylic oxidation sites excluding steroid dienone is 2. The number of hydrogen-bond acceptors (Lipinski definition) is 0. The quantitative estimate of drug-likeness (QED) is 0.368. The highest BCUT2D eigenvalue weighted by molar-refractivity contribution is 4.81. The van der Waals surface area contributed by atoms with Gasteiger partial charge in [0.05, 0.1) is 0 Å². The summed E-state index contributed by atoms with van der Waals surface area (Å²) in [5.41, 5.74) is 0. The number of unbranched alkanes of at least 4 members (excludes halogenated alkanes) is 4. The van der Waals surface area contributed by atoms with Gasteiger partial charge in [-0.1, -0.05) is 52.2 Å². The van der Waals surface area contributed by atoms with Crippen molar-refractivity contribution >= 4 is 0 Å². The van der Waals surface area contributed by atoms with Crippen molar-refractivity contribution in [1.82, 2.24) is 0 Å². The second-order valence-electron chi connectivity index (χ2n) is 4.29. The van der Waals surface area contributed by atoms with E-state index in [2.05, 4.69) is 32.9 Å². The lowest BCUT2D eigenvalue weighted by Gasteiger charge is -1.99. The SMILES string of the molecule is CCCCCCC=CCCC(C)C. The minimum Gasteiger partial charge on any atom is -0.0885 e. The van der Waals surface area contributed by atoms with Crippen molar-refractivity contribution in [2.75, 3.05) is 0 Å². The molecule has 0 unspecified atom stereocenters. The highest BCUT2D eigenvalue weighted by Crippen LogP contribution is 2.06. The predicted molar refractivity (Wildman–Crippen MR) is 62.0 cm³/mol. The molecule has 0 aromatic heterocycles. The van der Waals surface area contributed by atoms with Crippen molar-refractivity contribution in [3.8, 4) is 0 Å². The molecule has 0 heteroatoms. The van der Waals surface area contributed by atoms with Crippen molar-refractivity contribution in [2.24, 2.45) is 5.92 Å². The molecular formula is C13H26. The summed E-state index contributed by atoms with van der Waals surface area (Å²) in [6, 6.07) is 0. The molecule has 0 saturated heterocycles. The van der Waals surface area contributed by atoms with Crippen LogP contribution in [0, 0.1) is 5.92 Å². The molecule has 0 heterocycles. The van der Waals surface area contributed by atoms with Crippen molar-refractivity contribution < 1.29 is 0 Å². The van der Waals surface area contributed by atoms with E-state index in [-0.39, 0.29) is 0 Å². The Bertz CT molecular complexity index is 111. The van der Waals surface area contributed by atoms with Gasteiger partial charge in [0.15, 0.2) is 0 Å². The Balaban J connectivity index is 3.03. The van der Waals surface area contributed by atoms with E-state index in [0.717, 1.165) is 5.92 Å². The second kappa shape index (κ2) is 9.83. The zero-order valence-corrected chi connectivity index (χ0v) is 9.68. The fourth-order valence-electron chi connectivity index (χ4n) is 1.35. The molecule has 0 spiro atoms. The van der Waals surface area contributed by atoms with E-state index in [1.165, 1.54) is 44.9 Å². The summed E-state index contributed by atoms with van der Waals surface area (Å²) in [7, 11) is 0. The van der Waals surface area contributed by atoms with Crippen LogP contribution in [0.25, 0.3) is 0 Å². The standard InChI is InChI=1S/C13H26/c1-4-5-6-7-8-9-10-11-12-13(2)3/h9-10,13H,4-8,11-12H2,1-3H3. The molecule has 0 aliphatic carbocycles. The van der Waals surface area contributed by atoms with Gasteiger partial charge in [-0.25, -0.2) is 0 Å². The first-order chi connectivity index (χ1) is 6.27. The van der Waals surface area contributed by atoms with Crippen LogP contribution in [0.4, 0.5) is 0 Å². The van der Waals surface area contributed by atoms with Crippen LogP contribution in [0.3, 0.4) is 0 Å². The molecule has 0 aliphatic rings. The van der Waals surface area contributed by atoms with Gasteiger partial charge in [0, 0.05) is 0 Å². The van der Waals surface area contributed by atoms with E-state index >= 15 is 0 Å². The Hall–Kier alpha value is -0.260. The molecule has 0 amide bonds. The summed E-state index contributed by atoms with van der Waals surface area (Å²) in [4.78, 5) is 0. The van der Waals surface area contributed by atoms with E-state index in [9.17, 15) is 0 Å². The normalized spacial score (nSPS) is 11.7. The molecule has 0 nitrogen and oxygen atoms in total. The van der Waals surface area contributed by atoms with E-state index in [4.69, 9.17) is 0 Å². The fraction of sp³-hybridized carbons (Fsp3) is 0.846. The zero-order chi connectivity index (χ0) is 9.94. The molecule has 0 bridgehead atoms. The molecule has 0 aromatic carbocycles. The lowest BCUT2D eigenvalue weighted by atomic mass is 10.1. The molecule has 0 saturated carbocycles. The first-order valence-electron chi connectivity index (χ1n) is 5.92. The maximum absolute atomic E-state index is 2.36. The second-order valence-corrected chi connectivity index (χ2v) is 4.29. The highest BCUT2D eigenvalue weighted by Gasteiger charge is 1.89. The Morgan fingerprint density at radius 3 is 2.23 bits per heavy atom. The molecule has 13 heavy (non-hydrogen) atoms. The summed E-state index contributed by atoms with van der Waals surface area (Å²) in [5, 5.41) is 0. The van der Waals surface area contributed by atoms with Crippen LogP contribution in [0.5, 0.6) is 0 Å². The van der Waals surface area contributed by atoms with Crippen LogP contribution in [0.15, 0.2) is 12.2 Å². The van der Waals surface area contributed by atoms with Crippen LogP contribution in [-0.2, 0) is 0 Å². The molecule has 0 N–H and O–H groups in total. The van der Waals surface area contributed by atoms with Gasteiger partial charge in [-0.2, -0.15) is 0 Å². The molecule has 0 rings (SSSR count). The average molecular weight is 182 g/mol. The van der Waals surface area contributed by atoms with Gasteiger partial charge in [0.1, 0.15) is 0 Å². The van der Waals surface area contributed by atoms with Gasteiger partial charge in [-0.05, 0) is 31.6 Å². The monoisotopic (exact) mass is 182 g/mol.